The van der Waals surface area contributed by atoms with Crippen molar-refractivity contribution in [1.82, 2.24) is 4.98 Å². The van der Waals surface area contributed by atoms with E-state index in [-0.39, 0.29) is 22.9 Å². The normalized spacial score (nSPS) is 16.3. The number of nitrogens with zero attached hydrogens (tertiary/aromatic N) is 1. The molecule has 3 rings (SSSR count). The molecule has 150 valence electrons. The molecule has 1 heterocycles. The molecule has 1 aromatic heterocycles. The van der Waals surface area contributed by atoms with Gasteiger partial charge >= 0.3 is 5.97 Å². The highest BCUT2D eigenvalue weighted by molar-refractivity contribution is 6.40. The van der Waals surface area contributed by atoms with E-state index in [1.54, 1.807) is 6.92 Å². The van der Waals surface area contributed by atoms with Gasteiger partial charge in [-0.25, -0.2) is 14.2 Å². The fraction of sp³-hybridized carbons (Fsp3) is 0.150. The predicted molar refractivity (Wildman–Crippen MR) is 107 cm³/mol. The highest BCUT2D eigenvalue weighted by atomic mass is 35.5. The molecule has 0 saturated carbocycles. The van der Waals surface area contributed by atoms with Crippen LogP contribution in [0.5, 0.6) is 5.75 Å². The Morgan fingerprint density at radius 1 is 1.28 bits per heavy atom. The molecule has 1 aromatic carbocycles. The zero-order chi connectivity index (χ0) is 21.1. The van der Waals surface area contributed by atoms with Crippen molar-refractivity contribution in [1.29, 1.82) is 0 Å². The first-order chi connectivity index (χ1) is 13.7. The number of rotatable bonds is 5. The Morgan fingerprint density at radius 3 is 2.66 bits per heavy atom. The van der Waals surface area contributed by atoms with E-state index in [1.165, 1.54) is 42.6 Å². The zero-order valence-corrected chi connectivity index (χ0v) is 16.6. The van der Waals surface area contributed by atoms with E-state index < -0.39 is 23.6 Å². The van der Waals surface area contributed by atoms with E-state index in [1.807, 2.05) is 0 Å². The van der Waals surface area contributed by atoms with Crippen LogP contribution in [-0.2, 0) is 4.79 Å². The average molecular weight is 437 g/mol. The molecule has 1 unspecified atom stereocenters. The van der Waals surface area contributed by atoms with Gasteiger partial charge < -0.3 is 15.2 Å². The predicted octanol–water partition coefficient (Wildman–Crippen LogP) is 4.84. The van der Waals surface area contributed by atoms with Gasteiger partial charge in [-0.1, -0.05) is 23.2 Å². The smallest absolute Gasteiger partial charge is 0.354 e. The molecule has 2 aromatic rings. The van der Waals surface area contributed by atoms with Crippen LogP contribution in [0.25, 0.3) is 0 Å². The molecular formula is C20H15Cl2FN2O4. The van der Waals surface area contributed by atoms with E-state index in [0.717, 1.165) is 0 Å². The molecule has 6 nitrogen and oxygen atoms in total. The lowest BCUT2D eigenvalue weighted by atomic mass is 9.96. The summed E-state index contributed by atoms with van der Waals surface area (Å²) in [6.45, 7) is 1.68. The number of carbonyl (C=O) groups is 2. The number of amides is 1. The third kappa shape index (κ3) is 4.93. The standard InChI is InChI=1S/C20H15Cl2FN2O4/c1-10-6-11(23)2-5-17(10)29-18-8-15(22)14(21)7-13(18)19(26)25-12-3-4-16(20(27)28)24-9-12/h2-6,8-9,13H,7H2,1H3,(H,25,26)(H,27,28). The summed E-state index contributed by atoms with van der Waals surface area (Å²) in [5.41, 5.74) is 0.721. The molecule has 0 bridgehead atoms. The maximum atomic E-state index is 13.3. The minimum Gasteiger partial charge on any atom is -0.477 e. The Hall–Kier alpha value is -2.90. The number of aromatic nitrogens is 1. The number of aromatic carboxylic acids is 1. The van der Waals surface area contributed by atoms with Gasteiger partial charge in [-0.2, -0.15) is 0 Å². The van der Waals surface area contributed by atoms with Crippen LogP contribution in [0.1, 0.15) is 22.5 Å². The van der Waals surface area contributed by atoms with Gasteiger partial charge in [0.1, 0.15) is 28.9 Å². The third-order valence-electron chi connectivity index (χ3n) is 4.19. The second-order valence-corrected chi connectivity index (χ2v) is 7.16. The Labute approximate surface area is 175 Å². The lowest BCUT2D eigenvalue weighted by molar-refractivity contribution is -0.119. The maximum absolute atomic E-state index is 13.3. The van der Waals surface area contributed by atoms with Gasteiger partial charge in [0, 0.05) is 11.5 Å². The molecule has 1 amide bonds. The third-order valence-corrected chi connectivity index (χ3v) is 4.98. The van der Waals surface area contributed by atoms with Crippen LogP contribution in [-0.4, -0.2) is 22.0 Å². The molecule has 1 aliphatic rings. The van der Waals surface area contributed by atoms with Crippen molar-refractivity contribution in [2.45, 2.75) is 13.3 Å². The molecule has 1 aliphatic carbocycles. The van der Waals surface area contributed by atoms with Crippen LogP contribution in [0, 0.1) is 18.7 Å². The number of allylic oxidation sites excluding steroid dienone is 3. The van der Waals surface area contributed by atoms with Gasteiger partial charge in [0.25, 0.3) is 0 Å². The molecule has 0 spiro atoms. The van der Waals surface area contributed by atoms with E-state index in [4.69, 9.17) is 33.0 Å². The van der Waals surface area contributed by atoms with Crippen LogP contribution in [0.3, 0.4) is 0 Å². The van der Waals surface area contributed by atoms with E-state index in [2.05, 4.69) is 10.3 Å². The minimum absolute atomic E-state index is 0.110. The van der Waals surface area contributed by atoms with E-state index in [0.29, 0.717) is 22.0 Å². The summed E-state index contributed by atoms with van der Waals surface area (Å²) in [6.07, 6.45) is 2.80. The van der Waals surface area contributed by atoms with Crippen LogP contribution in [0.2, 0.25) is 0 Å². The largest absolute Gasteiger partial charge is 0.477 e. The van der Waals surface area contributed by atoms with Gasteiger partial charge in [-0.15, -0.1) is 0 Å². The summed E-state index contributed by atoms with van der Waals surface area (Å²) in [4.78, 5) is 27.5. The molecule has 0 fully saturated rings. The molecule has 0 aliphatic heterocycles. The number of hydrogen-bond acceptors (Lipinski definition) is 4. The Bertz CT molecular complexity index is 1040. The van der Waals surface area contributed by atoms with Crippen molar-refractivity contribution in [2.24, 2.45) is 5.92 Å². The van der Waals surface area contributed by atoms with Gasteiger partial charge in [-0.05, 0) is 48.9 Å². The molecule has 2 N–H and O–H groups in total. The SMILES string of the molecule is Cc1cc(F)ccc1OC1=CC(Cl)=C(Cl)CC1C(=O)Nc1ccc(C(=O)O)nc1. The molecule has 9 heteroatoms. The number of ether oxygens (including phenoxy) is 1. The number of nitrogens with one attached hydrogen (secondary N) is 1. The van der Waals surface area contributed by atoms with Gasteiger partial charge in [0.15, 0.2) is 0 Å². The van der Waals surface area contributed by atoms with Gasteiger partial charge in [-0.3, -0.25) is 4.79 Å². The van der Waals surface area contributed by atoms with Crippen LogP contribution < -0.4 is 10.1 Å². The summed E-state index contributed by atoms with van der Waals surface area (Å²) >= 11 is 12.2. The quantitative estimate of drug-likeness (QED) is 0.699. The summed E-state index contributed by atoms with van der Waals surface area (Å²) in [5, 5.41) is 12.1. The van der Waals surface area contributed by atoms with E-state index >= 15 is 0 Å². The van der Waals surface area contributed by atoms with Crippen LogP contribution >= 0.6 is 23.2 Å². The first-order valence-electron chi connectivity index (χ1n) is 8.44. The maximum Gasteiger partial charge on any atom is 0.354 e. The molecule has 0 radical (unpaired) electrons. The lowest BCUT2D eigenvalue weighted by Crippen LogP contribution is -2.28. The number of carboxylic acids is 1. The number of hydrogen-bond donors (Lipinski definition) is 2. The van der Waals surface area contributed by atoms with Crippen LogP contribution in [0.4, 0.5) is 10.1 Å². The fourth-order valence-electron chi connectivity index (χ4n) is 2.68. The lowest BCUT2D eigenvalue weighted by Gasteiger charge is -2.24. The van der Waals surface area contributed by atoms with E-state index in [9.17, 15) is 14.0 Å². The molecule has 1 atom stereocenters. The van der Waals surface area contributed by atoms with Gasteiger partial charge in [0.2, 0.25) is 5.91 Å². The van der Waals surface area contributed by atoms with Crippen molar-refractivity contribution in [3.8, 4) is 5.75 Å². The van der Waals surface area contributed by atoms with Gasteiger partial charge in [0.05, 0.1) is 16.9 Å². The highest BCUT2D eigenvalue weighted by Gasteiger charge is 2.31. The second-order valence-electron chi connectivity index (χ2n) is 6.29. The Kier molecular flexibility index (Phi) is 6.20. The van der Waals surface area contributed by atoms with Crippen molar-refractivity contribution in [3.05, 3.63) is 75.5 Å². The summed E-state index contributed by atoms with van der Waals surface area (Å²) in [6, 6.07) is 6.73. The number of carboxylic acid groups (broad SMARTS) is 1. The summed E-state index contributed by atoms with van der Waals surface area (Å²) < 4.78 is 19.2. The van der Waals surface area contributed by atoms with Crippen molar-refractivity contribution < 1.29 is 23.8 Å². The molecule has 29 heavy (non-hydrogen) atoms. The number of carbonyl (C=O) groups excluding carboxylic acids is 1. The zero-order valence-electron chi connectivity index (χ0n) is 15.1. The van der Waals surface area contributed by atoms with Crippen molar-refractivity contribution in [2.75, 3.05) is 5.32 Å². The Balaban J connectivity index is 1.82. The number of benzene rings is 1. The number of halogens is 3. The topological polar surface area (TPSA) is 88.5 Å². The minimum atomic E-state index is -1.17. The van der Waals surface area contributed by atoms with Crippen molar-refractivity contribution >= 4 is 40.8 Å². The van der Waals surface area contributed by atoms with Crippen LogP contribution in [0.15, 0.2) is 58.4 Å². The summed E-state index contributed by atoms with van der Waals surface area (Å²) in [5.74, 6) is -2.18. The number of aryl methyl sites for hydroxylation is 1. The second kappa shape index (κ2) is 8.63. The highest BCUT2D eigenvalue weighted by Crippen LogP contribution is 2.36. The average Bonchev–Trinajstić information content (AvgIpc) is 2.67. The first kappa shape index (κ1) is 20.8. The fourth-order valence-corrected chi connectivity index (χ4v) is 3.08. The van der Waals surface area contributed by atoms with Crippen molar-refractivity contribution in [3.63, 3.8) is 0 Å². The Morgan fingerprint density at radius 2 is 2.03 bits per heavy atom. The first-order valence-corrected chi connectivity index (χ1v) is 9.20. The molecular weight excluding hydrogens is 422 g/mol. The monoisotopic (exact) mass is 436 g/mol. The molecule has 0 saturated heterocycles. The number of anilines is 1. The summed E-state index contributed by atoms with van der Waals surface area (Å²) in [7, 11) is 0. The number of pyridine rings is 1.